The lowest BCUT2D eigenvalue weighted by atomic mass is 10.1. The number of hydrogen-bond donors (Lipinski definition) is 2. The standard InChI is InChI=1S/C18H17F3N6O3S/c19-13-4-2-1-3-12(13)14(9-24-31(28,29)11-5-6-11)25-18-22-7-10(8-23-18)16-26-27-17(30-16)15(20)21/h1-4,7-8,11,14-15,24H,5-6,9H2,(H,22,23,25). The summed E-state index contributed by atoms with van der Waals surface area (Å²) in [7, 11) is -3.48. The molecule has 4 rings (SSSR count). The smallest absolute Gasteiger partial charge is 0.314 e. The lowest BCUT2D eigenvalue weighted by Crippen LogP contribution is -2.34. The van der Waals surface area contributed by atoms with Crippen molar-refractivity contribution < 1.29 is 26.0 Å². The van der Waals surface area contributed by atoms with Crippen LogP contribution in [0, 0.1) is 5.82 Å². The van der Waals surface area contributed by atoms with E-state index in [1.54, 1.807) is 6.07 Å². The normalized spacial score (nSPS) is 15.2. The zero-order valence-corrected chi connectivity index (χ0v) is 16.7. The highest BCUT2D eigenvalue weighted by Crippen LogP contribution is 2.28. The molecule has 9 nitrogen and oxygen atoms in total. The molecule has 1 aliphatic rings. The third-order valence-corrected chi connectivity index (χ3v) is 6.48. The lowest BCUT2D eigenvalue weighted by molar-refractivity contribution is 0.116. The van der Waals surface area contributed by atoms with E-state index in [9.17, 15) is 21.6 Å². The van der Waals surface area contributed by atoms with E-state index in [0.717, 1.165) is 0 Å². The molecule has 31 heavy (non-hydrogen) atoms. The molecular weight excluding hydrogens is 437 g/mol. The number of rotatable bonds is 9. The van der Waals surface area contributed by atoms with Crippen LogP contribution in [0.4, 0.5) is 19.1 Å². The SMILES string of the molecule is O=S(=O)(NCC(Nc1ncc(-c2nnc(C(F)F)o2)cn1)c1ccccc1F)C1CC1. The van der Waals surface area contributed by atoms with Gasteiger partial charge in [-0.1, -0.05) is 18.2 Å². The van der Waals surface area contributed by atoms with Gasteiger partial charge in [-0.05, 0) is 18.9 Å². The minimum Gasteiger partial charge on any atom is -0.415 e. The number of alkyl halides is 2. The van der Waals surface area contributed by atoms with Gasteiger partial charge in [-0.15, -0.1) is 10.2 Å². The highest BCUT2D eigenvalue weighted by molar-refractivity contribution is 7.90. The maximum atomic E-state index is 14.3. The molecule has 2 heterocycles. The number of benzene rings is 1. The van der Waals surface area contributed by atoms with Crippen molar-refractivity contribution >= 4 is 16.0 Å². The van der Waals surface area contributed by atoms with Crippen molar-refractivity contribution in [2.24, 2.45) is 0 Å². The largest absolute Gasteiger partial charge is 0.415 e. The highest BCUT2D eigenvalue weighted by atomic mass is 32.2. The molecule has 0 spiro atoms. The van der Waals surface area contributed by atoms with Gasteiger partial charge in [0.05, 0.1) is 16.9 Å². The maximum Gasteiger partial charge on any atom is 0.314 e. The first kappa shape index (κ1) is 21.2. The fraction of sp³-hybridized carbons (Fsp3) is 0.333. The number of halogens is 3. The summed E-state index contributed by atoms with van der Waals surface area (Å²) in [5, 5.41) is 9.22. The number of sulfonamides is 1. The molecule has 1 unspecified atom stereocenters. The van der Waals surface area contributed by atoms with Crippen LogP contribution in [0.25, 0.3) is 11.5 Å². The molecule has 0 amide bonds. The highest BCUT2D eigenvalue weighted by Gasteiger charge is 2.36. The number of aromatic nitrogens is 4. The molecule has 1 fully saturated rings. The monoisotopic (exact) mass is 454 g/mol. The predicted octanol–water partition coefficient (Wildman–Crippen LogP) is 2.84. The van der Waals surface area contributed by atoms with Crippen LogP contribution in [-0.2, 0) is 10.0 Å². The summed E-state index contributed by atoms with van der Waals surface area (Å²) in [6.07, 6.45) is 0.834. The van der Waals surface area contributed by atoms with Crippen LogP contribution < -0.4 is 10.0 Å². The van der Waals surface area contributed by atoms with Crippen molar-refractivity contribution in [3.63, 3.8) is 0 Å². The average molecular weight is 454 g/mol. The molecular formula is C18H17F3N6O3S. The summed E-state index contributed by atoms with van der Waals surface area (Å²) >= 11 is 0. The Bertz CT molecular complexity index is 1150. The van der Waals surface area contributed by atoms with Crippen LogP contribution >= 0.6 is 0 Å². The fourth-order valence-electron chi connectivity index (χ4n) is 2.80. The van der Waals surface area contributed by atoms with Gasteiger partial charge in [0.1, 0.15) is 5.82 Å². The van der Waals surface area contributed by atoms with Crippen LogP contribution in [0.15, 0.2) is 41.1 Å². The van der Waals surface area contributed by atoms with Crippen molar-refractivity contribution in [1.29, 1.82) is 0 Å². The Labute approximate surface area is 175 Å². The van der Waals surface area contributed by atoms with Crippen LogP contribution in [0.2, 0.25) is 0 Å². The second kappa shape index (κ2) is 8.59. The van der Waals surface area contributed by atoms with Crippen LogP contribution in [-0.4, -0.2) is 40.4 Å². The van der Waals surface area contributed by atoms with Crippen molar-refractivity contribution in [3.05, 3.63) is 53.9 Å². The molecule has 1 aromatic carbocycles. The van der Waals surface area contributed by atoms with Gasteiger partial charge in [-0.3, -0.25) is 0 Å². The second-order valence-corrected chi connectivity index (χ2v) is 8.90. The third-order valence-electron chi connectivity index (χ3n) is 4.56. The summed E-state index contributed by atoms with van der Waals surface area (Å²) in [6, 6.07) is 5.14. The van der Waals surface area contributed by atoms with Crippen LogP contribution in [0.1, 0.15) is 36.8 Å². The first-order chi connectivity index (χ1) is 14.8. The topological polar surface area (TPSA) is 123 Å². The van der Waals surface area contributed by atoms with Crippen molar-refractivity contribution in [1.82, 2.24) is 24.9 Å². The zero-order chi connectivity index (χ0) is 22.0. The van der Waals surface area contributed by atoms with E-state index in [-0.39, 0.29) is 29.5 Å². The van der Waals surface area contributed by atoms with Gasteiger partial charge in [-0.2, -0.15) is 8.78 Å². The van der Waals surface area contributed by atoms with E-state index in [1.165, 1.54) is 30.6 Å². The quantitative estimate of drug-likeness (QED) is 0.506. The Morgan fingerprint density at radius 3 is 2.45 bits per heavy atom. The Morgan fingerprint density at radius 1 is 1.13 bits per heavy atom. The first-order valence-corrected chi connectivity index (χ1v) is 10.8. The first-order valence-electron chi connectivity index (χ1n) is 9.27. The summed E-state index contributed by atoms with van der Waals surface area (Å²) in [6.45, 7) is -0.119. The summed E-state index contributed by atoms with van der Waals surface area (Å²) in [4.78, 5) is 8.12. The number of hydrogen-bond acceptors (Lipinski definition) is 8. The number of nitrogens with one attached hydrogen (secondary N) is 2. The summed E-state index contributed by atoms with van der Waals surface area (Å²) in [5.74, 6) is -1.45. The minimum atomic E-state index is -3.48. The van der Waals surface area contributed by atoms with Crippen molar-refractivity contribution in [3.8, 4) is 11.5 Å². The molecule has 2 N–H and O–H groups in total. The molecule has 0 bridgehead atoms. The van der Waals surface area contributed by atoms with E-state index in [4.69, 9.17) is 4.42 Å². The molecule has 0 saturated heterocycles. The third kappa shape index (κ3) is 4.99. The Kier molecular flexibility index (Phi) is 5.87. The van der Waals surface area contributed by atoms with Gasteiger partial charge in [0, 0.05) is 24.5 Å². The summed E-state index contributed by atoms with van der Waals surface area (Å²) < 4.78 is 71.2. The molecule has 3 aromatic rings. The predicted molar refractivity (Wildman–Crippen MR) is 103 cm³/mol. The molecule has 1 aliphatic carbocycles. The van der Waals surface area contributed by atoms with E-state index >= 15 is 0 Å². The molecule has 0 radical (unpaired) electrons. The van der Waals surface area contributed by atoms with E-state index in [2.05, 4.69) is 30.2 Å². The van der Waals surface area contributed by atoms with Gasteiger partial charge < -0.3 is 9.73 Å². The van der Waals surface area contributed by atoms with Gasteiger partial charge in [0.15, 0.2) is 0 Å². The van der Waals surface area contributed by atoms with Crippen molar-refractivity contribution in [2.75, 3.05) is 11.9 Å². The molecule has 2 aromatic heterocycles. The lowest BCUT2D eigenvalue weighted by Gasteiger charge is -2.20. The minimum absolute atomic E-state index is 0.0659. The fourth-order valence-corrected chi connectivity index (χ4v) is 4.19. The van der Waals surface area contributed by atoms with Gasteiger partial charge in [0.25, 0.3) is 11.8 Å². The average Bonchev–Trinajstić information content (AvgIpc) is 3.50. The van der Waals surface area contributed by atoms with E-state index < -0.39 is 39.4 Å². The van der Waals surface area contributed by atoms with Crippen LogP contribution in [0.5, 0.6) is 0 Å². The van der Waals surface area contributed by atoms with Gasteiger partial charge >= 0.3 is 6.43 Å². The number of anilines is 1. The number of nitrogens with zero attached hydrogens (tertiary/aromatic N) is 4. The zero-order valence-electron chi connectivity index (χ0n) is 15.9. The molecule has 164 valence electrons. The Hall–Kier alpha value is -3.06. The Balaban J connectivity index is 1.52. The molecule has 1 atom stereocenters. The van der Waals surface area contributed by atoms with Crippen LogP contribution in [0.3, 0.4) is 0 Å². The van der Waals surface area contributed by atoms with E-state index in [0.29, 0.717) is 12.8 Å². The summed E-state index contributed by atoms with van der Waals surface area (Å²) in [5.41, 5.74) is 0.439. The van der Waals surface area contributed by atoms with Gasteiger partial charge in [-0.25, -0.2) is 27.5 Å². The van der Waals surface area contributed by atoms with Crippen molar-refractivity contribution in [2.45, 2.75) is 30.6 Å². The molecule has 1 saturated carbocycles. The Morgan fingerprint density at radius 2 is 1.84 bits per heavy atom. The van der Waals surface area contributed by atoms with E-state index in [1.807, 2.05) is 0 Å². The molecule has 0 aliphatic heterocycles. The van der Waals surface area contributed by atoms with Gasteiger partial charge in [0.2, 0.25) is 16.0 Å². The second-order valence-electron chi connectivity index (χ2n) is 6.85. The maximum absolute atomic E-state index is 14.3. The molecule has 13 heteroatoms.